The van der Waals surface area contributed by atoms with Crippen molar-refractivity contribution in [1.82, 2.24) is 5.32 Å². The Hall–Kier alpha value is -0.280. The number of aliphatic hydroxyl groups is 1. The minimum absolute atomic E-state index is 0.0318. The van der Waals surface area contributed by atoms with Crippen LogP contribution in [0.3, 0.4) is 0 Å². The minimum atomic E-state index is -0.0318. The van der Waals surface area contributed by atoms with Gasteiger partial charge in [-0.05, 0) is 43.5 Å². The molecular formula is C15H21Cl2NO. The second-order valence-electron chi connectivity index (χ2n) is 5.44. The van der Waals surface area contributed by atoms with Crippen molar-refractivity contribution in [3.63, 3.8) is 0 Å². The molecule has 0 saturated heterocycles. The zero-order chi connectivity index (χ0) is 13.9. The highest BCUT2D eigenvalue weighted by Gasteiger charge is 2.41. The van der Waals surface area contributed by atoms with Crippen LogP contribution in [0.2, 0.25) is 10.0 Å². The molecule has 0 heterocycles. The third-order valence-corrected chi connectivity index (χ3v) is 5.15. The molecule has 0 amide bonds. The quantitative estimate of drug-likeness (QED) is 0.890. The molecule has 1 saturated carbocycles. The van der Waals surface area contributed by atoms with Crippen LogP contribution >= 0.6 is 23.2 Å². The highest BCUT2D eigenvalue weighted by atomic mass is 35.5. The molecular weight excluding hydrogens is 281 g/mol. The number of hydrogen-bond donors (Lipinski definition) is 2. The fraction of sp³-hybridized carbons (Fsp3) is 0.600. The van der Waals surface area contributed by atoms with E-state index < -0.39 is 0 Å². The van der Waals surface area contributed by atoms with Crippen molar-refractivity contribution in [3.8, 4) is 0 Å². The monoisotopic (exact) mass is 301 g/mol. The molecule has 2 atom stereocenters. The molecule has 1 aromatic carbocycles. The number of likely N-dealkylation sites (N-methyl/N-ethyl adjacent to an activating group) is 1. The predicted octanol–water partition coefficient (Wildman–Crippen LogP) is 3.63. The molecule has 0 unspecified atom stereocenters. The third kappa shape index (κ3) is 2.92. The van der Waals surface area contributed by atoms with Crippen LogP contribution in [0.4, 0.5) is 0 Å². The zero-order valence-electron chi connectivity index (χ0n) is 11.3. The molecule has 0 radical (unpaired) electrons. The molecule has 1 fully saturated rings. The average Bonchev–Trinajstić information content (AvgIpc) is 2.42. The maximum Gasteiger partial charge on any atom is 0.0595 e. The third-order valence-electron chi connectivity index (χ3n) is 4.41. The van der Waals surface area contributed by atoms with Gasteiger partial charge in [-0.25, -0.2) is 0 Å². The fourth-order valence-electron chi connectivity index (χ4n) is 3.41. The molecule has 1 aromatic rings. The van der Waals surface area contributed by atoms with Crippen molar-refractivity contribution in [3.05, 3.63) is 33.8 Å². The van der Waals surface area contributed by atoms with Crippen LogP contribution in [0, 0.1) is 5.92 Å². The fourth-order valence-corrected chi connectivity index (χ4v) is 3.71. The van der Waals surface area contributed by atoms with Crippen LogP contribution < -0.4 is 5.32 Å². The van der Waals surface area contributed by atoms with Gasteiger partial charge in [-0.3, -0.25) is 0 Å². The lowest BCUT2D eigenvalue weighted by Gasteiger charge is -2.44. The van der Waals surface area contributed by atoms with E-state index in [1.807, 2.05) is 19.2 Å². The van der Waals surface area contributed by atoms with Crippen LogP contribution in [-0.4, -0.2) is 25.3 Å². The summed E-state index contributed by atoms with van der Waals surface area (Å²) in [6.45, 7) is 1.08. The number of hydrogen-bond acceptors (Lipinski definition) is 2. The summed E-state index contributed by atoms with van der Waals surface area (Å²) < 4.78 is 0. The summed E-state index contributed by atoms with van der Waals surface area (Å²) in [7, 11) is 1.96. The largest absolute Gasteiger partial charge is 0.396 e. The Morgan fingerprint density at radius 2 is 2.11 bits per heavy atom. The zero-order valence-corrected chi connectivity index (χ0v) is 12.8. The van der Waals surface area contributed by atoms with E-state index in [1.165, 1.54) is 18.4 Å². The summed E-state index contributed by atoms with van der Waals surface area (Å²) in [5.74, 6) is 0.283. The van der Waals surface area contributed by atoms with Gasteiger partial charge in [0.05, 0.1) is 10.0 Å². The second kappa shape index (κ2) is 6.45. The molecule has 4 heteroatoms. The van der Waals surface area contributed by atoms with Crippen LogP contribution in [0.25, 0.3) is 0 Å². The Morgan fingerprint density at radius 3 is 2.74 bits per heavy atom. The number of aliphatic hydroxyl groups excluding tert-OH is 1. The molecule has 0 aromatic heterocycles. The lowest BCUT2D eigenvalue weighted by atomic mass is 9.62. The standard InChI is InChI=1S/C15H21Cl2NO/c1-18-10-15(7-3-2-4-12(15)9-19)11-5-6-13(16)14(17)8-11/h5-6,8,12,18-19H,2-4,7,9-10H2,1H3/t12-,15+/m0/s1. The highest BCUT2D eigenvalue weighted by Crippen LogP contribution is 2.44. The SMILES string of the molecule is CNC[C@@]1(c2ccc(Cl)c(Cl)c2)CCCC[C@H]1CO. The number of rotatable bonds is 4. The van der Waals surface area contributed by atoms with Crippen LogP contribution in [0.1, 0.15) is 31.2 Å². The summed E-state index contributed by atoms with van der Waals surface area (Å²) in [4.78, 5) is 0. The topological polar surface area (TPSA) is 32.3 Å². The van der Waals surface area contributed by atoms with E-state index in [0.29, 0.717) is 10.0 Å². The summed E-state index contributed by atoms with van der Waals surface area (Å²) in [6.07, 6.45) is 4.53. The van der Waals surface area contributed by atoms with E-state index in [9.17, 15) is 5.11 Å². The average molecular weight is 302 g/mol. The van der Waals surface area contributed by atoms with Gasteiger partial charge in [0.25, 0.3) is 0 Å². The lowest BCUT2D eigenvalue weighted by Crippen LogP contribution is -2.47. The van der Waals surface area contributed by atoms with Crippen molar-refractivity contribution in [2.45, 2.75) is 31.1 Å². The van der Waals surface area contributed by atoms with Gasteiger partial charge in [0.1, 0.15) is 0 Å². The van der Waals surface area contributed by atoms with Crippen LogP contribution in [-0.2, 0) is 5.41 Å². The normalized spacial score (nSPS) is 27.5. The Bertz CT molecular complexity index is 434. The number of benzene rings is 1. The van der Waals surface area contributed by atoms with Gasteiger partial charge in [-0.1, -0.05) is 42.1 Å². The molecule has 1 aliphatic carbocycles. The molecule has 2 N–H and O–H groups in total. The first-order chi connectivity index (χ1) is 9.14. The van der Waals surface area contributed by atoms with Gasteiger partial charge in [-0.15, -0.1) is 0 Å². The summed E-state index contributed by atoms with van der Waals surface area (Å²) in [5.41, 5.74) is 1.16. The molecule has 0 spiro atoms. The second-order valence-corrected chi connectivity index (χ2v) is 6.26. The molecule has 106 valence electrons. The van der Waals surface area contributed by atoms with Crippen molar-refractivity contribution >= 4 is 23.2 Å². The number of nitrogens with one attached hydrogen (secondary N) is 1. The van der Waals surface area contributed by atoms with Gasteiger partial charge in [0, 0.05) is 18.6 Å². The molecule has 0 bridgehead atoms. The van der Waals surface area contributed by atoms with Gasteiger partial charge < -0.3 is 10.4 Å². The molecule has 19 heavy (non-hydrogen) atoms. The van der Waals surface area contributed by atoms with Crippen molar-refractivity contribution in [1.29, 1.82) is 0 Å². The summed E-state index contributed by atoms with van der Waals surface area (Å²) in [6, 6.07) is 5.88. The van der Waals surface area contributed by atoms with E-state index in [0.717, 1.165) is 19.4 Å². The number of halogens is 2. The maximum absolute atomic E-state index is 9.75. The van der Waals surface area contributed by atoms with E-state index >= 15 is 0 Å². The first-order valence-corrected chi connectivity index (χ1v) is 7.60. The predicted molar refractivity (Wildman–Crippen MR) is 81.1 cm³/mol. The summed E-state index contributed by atoms with van der Waals surface area (Å²) in [5, 5.41) is 14.2. The molecule has 2 rings (SSSR count). The molecule has 2 nitrogen and oxygen atoms in total. The van der Waals surface area contributed by atoms with E-state index in [1.54, 1.807) is 0 Å². The van der Waals surface area contributed by atoms with Gasteiger partial charge in [-0.2, -0.15) is 0 Å². The first kappa shape index (κ1) is 15.1. The summed E-state index contributed by atoms with van der Waals surface area (Å²) >= 11 is 12.2. The molecule has 1 aliphatic rings. The Balaban J connectivity index is 2.44. The maximum atomic E-state index is 9.75. The first-order valence-electron chi connectivity index (χ1n) is 6.85. The van der Waals surface area contributed by atoms with E-state index in [4.69, 9.17) is 23.2 Å². The Kier molecular flexibility index (Phi) is 5.13. The van der Waals surface area contributed by atoms with Gasteiger partial charge in [0.2, 0.25) is 0 Å². The Labute approximate surface area is 125 Å². The highest BCUT2D eigenvalue weighted by molar-refractivity contribution is 6.42. The van der Waals surface area contributed by atoms with E-state index in [2.05, 4.69) is 11.4 Å². The van der Waals surface area contributed by atoms with E-state index in [-0.39, 0.29) is 17.9 Å². The van der Waals surface area contributed by atoms with Gasteiger partial charge >= 0.3 is 0 Å². The minimum Gasteiger partial charge on any atom is -0.396 e. The van der Waals surface area contributed by atoms with Crippen molar-refractivity contribution < 1.29 is 5.11 Å². The Morgan fingerprint density at radius 1 is 1.32 bits per heavy atom. The lowest BCUT2D eigenvalue weighted by molar-refractivity contribution is 0.104. The van der Waals surface area contributed by atoms with Crippen molar-refractivity contribution in [2.75, 3.05) is 20.2 Å². The molecule has 0 aliphatic heterocycles. The van der Waals surface area contributed by atoms with Crippen LogP contribution in [0.5, 0.6) is 0 Å². The van der Waals surface area contributed by atoms with Gasteiger partial charge in [0.15, 0.2) is 0 Å². The smallest absolute Gasteiger partial charge is 0.0595 e. The van der Waals surface area contributed by atoms with Crippen molar-refractivity contribution in [2.24, 2.45) is 5.92 Å². The van der Waals surface area contributed by atoms with Crippen LogP contribution in [0.15, 0.2) is 18.2 Å².